The predicted molar refractivity (Wildman–Crippen MR) is 104 cm³/mol. The number of para-hydroxylation sites is 1. The summed E-state index contributed by atoms with van der Waals surface area (Å²) >= 11 is 1.76. The number of aryl methyl sites for hydroxylation is 2. The summed E-state index contributed by atoms with van der Waals surface area (Å²) < 4.78 is 1.24. The Labute approximate surface area is 146 Å². The molecular weight excluding hydrogens is 316 g/mol. The molecule has 0 radical (unpaired) electrons. The Morgan fingerprint density at radius 1 is 1.17 bits per heavy atom. The van der Waals surface area contributed by atoms with Crippen LogP contribution in [0.3, 0.4) is 0 Å². The van der Waals surface area contributed by atoms with E-state index < -0.39 is 0 Å². The molecule has 0 fully saturated rings. The number of nitrogens with two attached hydrogens (primary N) is 1. The lowest BCUT2D eigenvalue weighted by Crippen LogP contribution is -2.22. The fraction of sp³-hybridized carbons (Fsp3) is 0.263. The van der Waals surface area contributed by atoms with Gasteiger partial charge in [0.15, 0.2) is 5.96 Å². The van der Waals surface area contributed by atoms with E-state index >= 15 is 0 Å². The van der Waals surface area contributed by atoms with Gasteiger partial charge in [-0.25, -0.2) is 4.98 Å². The summed E-state index contributed by atoms with van der Waals surface area (Å²) in [4.78, 5) is 9.03. The number of benzene rings is 2. The summed E-state index contributed by atoms with van der Waals surface area (Å²) in [6.45, 7) is 2.84. The molecule has 0 amide bonds. The van der Waals surface area contributed by atoms with Gasteiger partial charge in [-0.2, -0.15) is 0 Å². The minimum absolute atomic E-state index is 0.462. The molecule has 24 heavy (non-hydrogen) atoms. The van der Waals surface area contributed by atoms with Crippen LogP contribution in [0.5, 0.6) is 0 Å². The quantitative estimate of drug-likeness (QED) is 0.402. The highest BCUT2D eigenvalue weighted by Gasteiger charge is 2.02. The number of aliphatic imine (C=N–C) groups is 1. The topological polar surface area (TPSA) is 63.3 Å². The smallest absolute Gasteiger partial charge is 0.193 e. The normalized spacial score (nSPS) is 11.8. The SMILES string of the molecule is CCc1ccc(NC(N)=NCCCc2nc3ccccc3s2)cc1. The van der Waals surface area contributed by atoms with Crippen LogP contribution in [-0.4, -0.2) is 17.5 Å². The van der Waals surface area contributed by atoms with Gasteiger partial charge in [0.1, 0.15) is 0 Å². The Morgan fingerprint density at radius 2 is 1.96 bits per heavy atom. The molecule has 0 bridgehead atoms. The van der Waals surface area contributed by atoms with Crippen LogP contribution in [-0.2, 0) is 12.8 Å². The molecule has 1 aromatic heterocycles. The van der Waals surface area contributed by atoms with Gasteiger partial charge in [0.2, 0.25) is 0 Å². The van der Waals surface area contributed by atoms with Crippen molar-refractivity contribution in [1.29, 1.82) is 0 Å². The lowest BCUT2D eigenvalue weighted by molar-refractivity contribution is 0.827. The molecule has 0 aliphatic carbocycles. The first-order valence-corrected chi connectivity index (χ1v) is 9.06. The molecule has 0 aliphatic heterocycles. The van der Waals surface area contributed by atoms with Gasteiger partial charge in [-0.1, -0.05) is 31.2 Å². The van der Waals surface area contributed by atoms with E-state index in [2.05, 4.69) is 46.5 Å². The molecule has 4 nitrogen and oxygen atoms in total. The van der Waals surface area contributed by atoms with Crippen molar-refractivity contribution >= 4 is 33.2 Å². The molecule has 3 rings (SSSR count). The van der Waals surface area contributed by atoms with Crippen molar-refractivity contribution in [3.8, 4) is 0 Å². The molecule has 3 N–H and O–H groups in total. The predicted octanol–water partition coefficient (Wildman–Crippen LogP) is 4.22. The fourth-order valence-electron chi connectivity index (χ4n) is 2.47. The number of rotatable bonds is 6. The zero-order valence-electron chi connectivity index (χ0n) is 13.8. The largest absolute Gasteiger partial charge is 0.370 e. The van der Waals surface area contributed by atoms with Gasteiger partial charge < -0.3 is 11.1 Å². The minimum atomic E-state index is 0.462. The van der Waals surface area contributed by atoms with E-state index in [4.69, 9.17) is 5.73 Å². The van der Waals surface area contributed by atoms with E-state index in [1.165, 1.54) is 10.3 Å². The lowest BCUT2D eigenvalue weighted by Gasteiger charge is -2.06. The van der Waals surface area contributed by atoms with Crippen LogP contribution in [0.2, 0.25) is 0 Å². The standard InChI is InChI=1S/C19H22N4S/c1-2-14-9-11-15(12-10-14)22-19(20)21-13-5-8-18-23-16-6-3-4-7-17(16)24-18/h3-4,6-7,9-12H,2,5,8,13H2,1H3,(H3,20,21,22). The van der Waals surface area contributed by atoms with Crippen molar-refractivity contribution in [1.82, 2.24) is 4.98 Å². The Hall–Kier alpha value is -2.40. The number of nitrogens with one attached hydrogen (secondary N) is 1. The number of guanidine groups is 1. The summed E-state index contributed by atoms with van der Waals surface area (Å²) in [6, 6.07) is 16.5. The monoisotopic (exact) mass is 338 g/mol. The average molecular weight is 338 g/mol. The highest BCUT2D eigenvalue weighted by atomic mass is 32.1. The zero-order valence-corrected chi connectivity index (χ0v) is 14.6. The number of nitrogens with zero attached hydrogens (tertiary/aromatic N) is 2. The van der Waals surface area contributed by atoms with Crippen molar-refractivity contribution in [2.75, 3.05) is 11.9 Å². The van der Waals surface area contributed by atoms with Crippen LogP contribution < -0.4 is 11.1 Å². The fourth-order valence-corrected chi connectivity index (χ4v) is 3.48. The summed E-state index contributed by atoms with van der Waals surface area (Å²) in [5.41, 5.74) is 9.31. The van der Waals surface area contributed by atoms with Crippen molar-refractivity contribution in [2.45, 2.75) is 26.2 Å². The van der Waals surface area contributed by atoms with Gasteiger partial charge in [-0.3, -0.25) is 4.99 Å². The van der Waals surface area contributed by atoms with Crippen molar-refractivity contribution < 1.29 is 0 Å². The van der Waals surface area contributed by atoms with E-state index in [-0.39, 0.29) is 0 Å². The number of anilines is 1. The second-order valence-corrected chi connectivity index (χ2v) is 6.74. The second-order valence-electron chi connectivity index (χ2n) is 5.62. The third-order valence-electron chi connectivity index (χ3n) is 3.80. The van der Waals surface area contributed by atoms with Crippen LogP contribution >= 0.6 is 11.3 Å². The van der Waals surface area contributed by atoms with Gasteiger partial charge in [0.05, 0.1) is 15.2 Å². The zero-order chi connectivity index (χ0) is 16.8. The Kier molecular flexibility index (Phi) is 5.43. The van der Waals surface area contributed by atoms with E-state index in [9.17, 15) is 0 Å². The third kappa shape index (κ3) is 4.32. The average Bonchev–Trinajstić information content (AvgIpc) is 3.02. The number of fused-ring (bicyclic) bond motifs is 1. The van der Waals surface area contributed by atoms with Gasteiger partial charge >= 0.3 is 0 Å². The van der Waals surface area contributed by atoms with Crippen molar-refractivity contribution in [3.63, 3.8) is 0 Å². The first kappa shape index (κ1) is 16.5. The van der Waals surface area contributed by atoms with Gasteiger partial charge in [-0.15, -0.1) is 11.3 Å². The summed E-state index contributed by atoms with van der Waals surface area (Å²) in [5, 5.41) is 4.29. The molecule has 0 aliphatic rings. The summed E-state index contributed by atoms with van der Waals surface area (Å²) in [7, 11) is 0. The van der Waals surface area contributed by atoms with Gasteiger partial charge in [-0.05, 0) is 42.7 Å². The van der Waals surface area contributed by atoms with Crippen LogP contribution in [0, 0.1) is 0 Å². The number of thiazole rings is 1. The molecule has 0 saturated carbocycles. The van der Waals surface area contributed by atoms with Gasteiger partial charge in [0.25, 0.3) is 0 Å². The number of hydrogen-bond donors (Lipinski definition) is 2. The maximum absolute atomic E-state index is 5.94. The minimum Gasteiger partial charge on any atom is -0.370 e. The van der Waals surface area contributed by atoms with E-state index in [0.717, 1.165) is 35.5 Å². The highest BCUT2D eigenvalue weighted by Crippen LogP contribution is 2.22. The molecule has 0 spiro atoms. The highest BCUT2D eigenvalue weighted by molar-refractivity contribution is 7.18. The van der Waals surface area contributed by atoms with Crippen LogP contribution in [0.4, 0.5) is 5.69 Å². The van der Waals surface area contributed by atoms with Gasteiger partial charge in [0, 0.05) is 18.7 Å². The van der Waals surface area contributed by atoms with Crippen LogP contribution in [0.25, 0.3) is 10.2 Å². The number of aromatic nitrogens is 1. The maximum Gasteiger partial charge on any atom is 0.193 e. The Balaban J connectivity index is 1.48. The number of hydrogen-bond acceptors (Lipinski definition) is 3. The molecule has 0 unspecified atom stereocenters. The molecular formula is C19H22N4S. The molecule has 0 atom stereocenters. The first-order valence-electron chi connectivity index (χ1n) is 8.25. The molecule has 5 heteroatoms. The molecule has 2 aromatic carbocycles. The molecule has 1 heterocycles. The Morgan fingerprint density at radius 3 is 2.71 bits per heavy atom. The summed E-state index contributed by atoms with van der Waals surface area (Å²) in [5.74, 6) is 0.462. The van der Waals surface area contributed by atoms with Crippen molar-refractivity contribution in [2.24, 2.45) is 10.7 Å². The third-order valence-corrected chi connectivity index (χ3v) is 4.90. The maximum atomic E-state index is 5.94. The molecule has 124 valence electrons. The van der Waals surface area contributed by atoms with Crippen LogP contribution in [0.15, 0.2) is 53.5 Å². The Bertz CT molecular complexity index is 788. The van der Waals surface area contributed by atoms with E-state index in [1.54, 1.807) is 11.3 Å². The first-order chi connectivity index (χ1) is 11.7. The second kappa shape index (κ2) is 7.93. The molecule has 0 saturated heterocycles. The van der Waals surface area contributed by atoms with E-state index in [0.29, 0.717) is 12.5 Å². The van der Waals surface area contributed by atoms with Crippen molar-refractivity contribution in [3.05, 3.63) is 59.1 Å². The summed E-state index contributed by atoms with van der Waals surface area (Å²) in [6.07, 6.45) is 2.91. The van der Waals surface area contributed by atoms with E-state index in [1.807, 2.05) is 24.3 Å². The lowest BCUT2D eigenvalue weighted by atomic mass is 10.1. The molecule has 3 aromatic rings. The van der Waals surface area contributed by atoms with Crippen LogP contribution in [0.1, 0.15) is 23.9 Å².